The Labute approximate surface area is 145 Å². The van der Waals surface area contributed by atoms with Crippen LogP contribution in [0.1, 0.15) is 4.88 Å². The lowest BCUT2D eigenvalue weighted by molar-refractivity contribution is 0.475. The van der Waals surface area contributed by atoms with Crippen LogP contribution in [-0.4, -0.2) is 10.1 Å². The minimum absolute atomic E-state index is 0.219. The molecule has 23 heavy (non-hydrogen) atoms. The topological polar surface area (TPSA) is 45.2 Å². The molecule has 0 saturated heterocycles. The van der Waals surface area contributed by atoms with E-state index in [0.717, 1.165) is 26.8 Å². The molecule has 2 N–H and O–H groups in total. The molecule has 2 heterocycles. The first-order valence-electron chi connectivity index (χ1n) is 7.14. The summed E-state index contributed by atoms with van der Waals surface area (Å²) in [7, 11) is 0. The van der Waals surface area contributed by atoms with E-state index >= 15 is 0 Å². The number of pyridine rings is 1. The first-order chi connectivity index (χ1) is 11.1. The highest BCUT2D eigenvalue weighted by Crippen LogP contribution is 2.34. The summed E-state index contributed by atoms with van der Waals surface area (Å²) in [4.78, 5) is 5.78. The lowest BCUT2D eigenvalue weighted by atomic mass is 10.1. The zero-order valence-corrected chi connectivity index (χ0v) is 14.7. The molecule has 0 radical (unpaired) electrons. The van der Waals surface area contributed by atoms with Crippen LogP contribution < -0.4 is 5.32 Å². The van der Waals surface area contributed by atoms with E-state index in [-0.39, 0.29) is 5.75 Å². The van der Waals surface area contributed by atoms with Crippen molar-refractivity contribution in [2.24, 2.45) is 0 Å². The van der Waals surface area contributed by atoms with Crippen LogP contribution in [0.3, 0.4) is 0 Å². The number of benzene rings is 2. The number of phenolic OH excluding ortho intramolecular Hbond substituents is 1. The molecule has 0 aliphatic heterocycles. The highest BCUT2D eigenvalue weighted by atomic mass is 79.9. The highest BCUT2D eigenvalue weighted by Gasteiger charge is 2.07. The summed E-state index contributed by atoms with van der Waals surface area (Å²) in [6.45, 7) is 2.12. The van der Waals surface area contributed by atoms with Gasteiger partial charge in [-0.2, -0.15) is 0 Å². The first kappa shape index (κ1) is 14.5. The number of hydrogen-bond acceptors (Lipinski definition) is 4. The number of thiophene rings is 1. The van der Waals surface area contributed by atoms with Crippen molar-refractivity contribution < 1.29 is 5.11 Å². The van der Waals surface area contributed by atoms with E-state index < -0.39 is 0 Å². The third kappa shape index (κ3) is 2.78. The molecule has 2 aromatic heterocycles. The van der Waals surface area contributed by atoms with Gasteiger partial charge in [0.05, 0.1) is 5.52 Å². The van der Waals surface area contributed by atoms with Gasteiger partial charge in [0.25, 0.3) is 0 Å². The zero-order chi connectivity index (χ0) is 16.0. The number of hydrogen-bond donors (Lipinski definition) is 2. The van der Waals surface area contributed by atoms with Crippen LogP contribution in [0.2, 0.25) is 0 Å². The number of aryl methyl sites for hydroxylation is 1. The number of halogens is 1. The fourth-order valence-electron chi connectivity index (χ4n) is 2.72. The van der Waals surface area contributed by atoms with Crippen LogP contribution in [0.25, 0.3) is 21.0 Å². The van der Waals surface area contributed by atoms with Gasteiger partial charge in [-0.05, 0) is 48.7 Å². The van der Waals surface area contributed by atoms with Crippen molar-refractivity contribution in [2.45, 2.75) is 6.92 Å². The van der Waals surface area contributed by atoms with Crippen LogP contribution >= 0.6 is 27.3 Å². The summed E-state index contributed by atoms with van der Waals surface area (Å²) >= 11 is 5.18. The van der Waals surface area contributed by atoms with Gasteiger partial charge in [-0.1, -0.05) is 15.9 Å². The number of nitrogens with one attached hydrogen (secondary N) is 1. The van der Waals surface area contributed by atoms with Gasteiger partial charge in [0.2, 0.25) is 0 Å². The molecular weight excluding hydrogens is 372 g/mol. The number of aromatic nitrogens is 1. The Bertz CT molecular complexity index is 1020. The van der Waals surface area contributed by atoms with Gasteiger partial charge in [-0.15, -0.1) is 11.3 Å². The molecule has 3 nitrogen and oxygen atoms in total. The molecule has 0 unspecified atom stereocenters. The Kier molecular flexibility index (Phi) is 3.47. The molecule has 2 aromatic carbocycles. The number of anilines is 2. The lowest BCUT2D eigenvalue weighted by Crippen LogP contribution is -1.92. The normalized spacial score (nSPS) is 11.2. The average molecular weight is 385 g/mol. The smallest absolute Gasteiger partial charge is 0.118 e. The van der Waals surface area contributed by atoms with Crippen LogP contribution in [0.4, 0.5) is 11.4 Å². The Balaban J connectivity index is 1.87. The second-order valence-corrected chi connectivity index (χ2v) is 7.65. The third-order valence-corrected chi connectivity index (χ3v) is 5.14. The molecule has 4 rings (SSSR count). The van der Waals surface area contributed by atoms with Crippen molar-refractivity contribution in [3.05, 3.63) is 58.0 Å². The first-order valence-corrected chi connectivity index (χ1v) is 8.75. The van der Waals surface area contributed by atoms with Crippen molar-refractivity contribution in [3.8, 4) is 5.75 Å². The number of fused-ring (bicyclic) bond motifs is 2. The van der Waals surface area contributed by atoms with Crippen molar-refractivity contribution in [3.63, 3.8) is 0 Å². The monoisotopic (exact) mass is 384 g/mol. The summed E-state index contributed by atoms with van der Waals surface area (Å²) in [5, 5.41) is 15.4. The molecule has 0 aliphatic carbocycles. The SMILES string of the molecule is Cc1cc2cc3nccc(Nc4cc(O)cc(Br)c4)c3cc2s1. The molecule has 5 heteroatoms. The fourth-order valence-corrected chi connectivity index (χ4v) is 4.15. The lowest BCUT2D eigenvalue weighted by Gasteiger charge is -2.10. The summed E-state index contributed by atoms with van der Waals surface area (Å²) in [5.74, 6) is 0.219. The molecule has 0 spiro atoms. The van der Waals surface area contributed by atoms with Crippen LogP contribution in [0.5, 0.6) is 5.75 Å². The summed E-state index contributed by atoms with van der Waals surface area (Å²) in [6.07, 6.45) is 1.80. The Morgan fingerprint density at radius 1 is 1.13 bits per heavy atom. The van der Waals surface area contributed by atoms with Crippen LogP contribution in [0, 0.1) is 6.92 Å². The summed E-state index contributed by atoms with van der Waals surface area (Å²) < 4.78 is 2.08. The number of rotatable bonds is 2. The Morgan fingerprint density at radius 2 is 2.00 bits per heavy atom. The number of aromatic hydroxyl groups is 1. The molecule has 4 aromatic rings. The van der Waals surface area contributed by atoms with E-state index in [1.54, 1.807) is 29.7 Å². The van der Waals surface area contributed by atoms with Crippen molar-refractivity contribution in [1.82, 2.24) is 4.98 Å². The van der Waals surface area contributed by atoms with E-state index in [1.165, 1.54) is 15.0 Å². The zero-order valence-electron chi connectivity index (χ0n) is 12.3. The maximum absolute atomic E-state index is 9.75. The van der Waals surface area contributed by atoms with Gasteiger partial charge in [-0.25, -0.2) is 0 Å². The van der Waals surface area contributed by atoms with E-state index in [2.05, 4.69) is 51.4 Å². The van der Waals surface area contributed by atoms with Gasteiger partial charge in [0, 0.05) is 43.1 Å². The van der Waals surface area contributed by atoms with E-state index in [4.69, 9.17) is 0 Å². The molecule has 0 bridgehead atoms. The maximum atomic E-state index is 9.75. The summed E-state index contributed by atoms with van der Waals surface area (Å²) in [5.41, 5.74) is 2.76. The second kappa shape index (κ2) is 5.51. The van der Waals surface area contributed by atoms with Gasteiger partial charge in [0.15, 0.2) is 0 Å². The molecule has 0 fully saturated rings. The van der Waals surface area contributed by atoms with Gasteiger partial charge in [-0.3, -0.25) is 4.98 Å². The maximum Gasteiger partial charge on any atom is 0.118 e. The van der Waals surface area contributed by atoms with E-state index in [9.17, 15) is 5.11 Å². The standard InChI is InChI=1S/C18H13BrN2OS/c1-10-4-11-5-17-15(9-18(11)23-10)16(2-3-20-17)21-13-6-12(19)7-14(22)8-13/h2-9,22H,1H3,(H,20,21). The largest absolute Gasteiger partial charge is 0.508 e. The molecule has 0 amide bonds. The molecular formula is C18H13BrN2OS. The minimum Gasteiger partial charge on any atom is -0.508 e. The van der Waals surface area contributed by atoms with E-state index in [0.29, 0.717) is 0 Å². The second-order valence-electron chi connectivity index (χ2n) is 5.45. The van der Waals surface area contributed by atoms with Crippen LogP contribution in [0.15, 0.2) is 53.1 Å². The van der Waals surface area contributed by atoms with Crippen molar-refractivity contribution >= 4 is 59.6 Å². The average Bonchev–Trinajstić information content (AvgIpc) is 2.83. The Morgan fingerprint density at radius 3 is 2.83 bits per heavy atom. The molecule has 0 atom stereocenters. The van der Waals surface area contributed by atoms with Crippen LogP contribution in [-0.2, 0) is 0 Å². The predicted molar refractivity (Wildman–Crippen MR) is 101 cm³/mol. The predicted octanol–water partition coefficient (Wildman–Crippen LogP) is 5.97. The van der Waals surface area contributed by atoms with Crippen molar-refractivity contribution in [2.75, 3.05) is 5.32 Å². The Hall–Kier alpha value is -2.11. The van der Waals surface area contributed by atoms with Gasteiger partial charge in [0.1, 0.15) is 5.75 Å². The number of nitrogens with zero attached hydrogens (tertiary/aromatic N) is 1. The fraction of sp³-hybridized carbons (Fsp3) is 0.0556. The highest BCUT2D eigenvalue weighted by molar-refractivity contribution is 9.10. The minimum atomic E-state index is 0.219. The third-order valence-electron chi connectivity index (χ3n) is 3.66. The van der Waals surface area contributed by atoms with Gasteiger partial charge < -0.3 is 10.4 Å². The summed E-state index contributed by atoms with van der Waals surface area (Å²) in [6, 6.07) is 13.7. The van der Waals surface area contributed by atoms with E-state index in [1.807, 2.05) is 12.1 Å². The van der Waals surface area contributed by atoms with Crippen molar-refractivity contribution in [1.29, 1.82) is 0 Å². The quantitative estimate of drug-likeness (QED) is 0.447. The van der Waals surface area contributed by atoms with Gasteiger partial charge >= 0.3 is 0 Å². The molecule has 0 saturated carbocycles. The number of phenols is 1. The molecule has 0 aliphatic rings. The molecule has 114 valence electrons.